The van der Waals surface area contributed by atoms with E-state index in [0.717, 1.165) is 39.3 Å². The number of likely N-dealkylation sites (N-methyl/N-ethyl adjacent to an activating group) is 1. The number of hydrogen-bond acceptors (Lipinski definition) is 4. The second kappa shape index (κ2) is 6.43. The summed E-state index contributed by atoms with van der Waals surface area (Å²) in [5.41, 5.74) is -0.175. The molecule has 0 aliphatic carbocycles. The van der Waals surface area contributed by atoms with Crippen molar-refractivity contribution in [3.8, 4) is 0 Å². The minimum atomic E-state index is -0.175. The largest absolute Gasteiger partial charge is 0.343 e. The summed E-state index contributed by atoms with van der Waals surface area (Å²) in [6, 6.07) is 0.539. The van der Waals surface area contributed by atoms with Gasteiger partial charge in [0, 0.05) is 26.2 Å². The number of rotatable bonds is 4. The predicted molar refractivity (Wildman–Crippen MR) is 86.6 cm³/mol. The lowest BCUT2D eigenvalue weighted by Gasteiger charge is -2.47. The van der Waals surface area contributed by atoms with Crippen LogP contribution < -0.4 is 0 Å². The highest BCUT2D eigenvalue weighted by Crippen LogP contribution is 2.23. The van der Waals surface area contributed by atoms with E-state index in [0.29, 0.717) is 19.1 Å². The van der Waals surface area contributed by atoms with Crippen LogP contribution in [0.4, 0.5) is 0 Å². The molecule has 6 nitrogen and oxygen atoms in total. The molecule has 0 unspecified atom stereocenters. The topological polar surface area (TPSA) is 47.0 Å². The van der Waals surface area contributed by atoms with Crippen molar-refractivity contribution in [3.05, 3.63) is 0 Å². The van der Waals surface area contributed by atoms with Crippen LogP contribution in [0, 0.1) is 0 Å². The molecule has 128 valence electrons. The Morgan fingerprint density at radius 1 is 1.18 bits per heavy atom. The van der Waals surface area contributed by atoms with Gasteiger partial charge in [-0.3, -0.25) is 14.6 Å². The van der Waals surface area contributed by atoms with Crippen LogP contribution in [0.25, 0.3) is 0 Å². The summed E-state index contributed by atoms with van der Waals surface area (Å²) >= 11 is 0. The summed E-state index contributed by atoms with van der Waals surface area (Å²) in [6.45, 7) is 14.9. The van der Waals surface area contributed by atoms with Crippen LogP contribution in [-0.2, 0) is 4.79 Å². The third kappa shape index (κ3) is 3.98. The Balaban J connectivity index is 1.95. The first-order valence-corrected chi connectivity index (χ1v) is 8.45. The average Bonchev–Trinajstić information content (AvgIpc) is 2.41. The molecule has 2 fully saturated rings. The summed E-state index contributed by atoms with van der Waals surface area (Å²) in [7, 11) is 1.86. The van der Waals surface area contributed by atoms with E-state index >= 15 is 0 Å². The molecule has 2 rings (SSSR count). The summed E-state index contributed by atoms with van der Waals surface area (Å²) < 4.78 is 0.122. The number of carbonyl (C=O) groups excluding carboxylic acids is 1. The molecule has 22 heavy (non-hydrogen) atoms. The lowest BCUT2D eigenvalue weighted by Crippen LogP contribution is -2.67. The van der Waals surface area contributed by atoms with Crippen LogP contribution >= 0.6 is 0 Å². The molecule has 2 aliphatic rings. The van der Waals surface area contributed by atoms with Crippen molar-refractivity contribution in [2.75, 3.05) is 59.4 Å². The van der Waals surface area contributed by atoms with Crippen molar-refractivity contribution in [2.45, 2.75) is 39.3 Å². The van der Waals surface area contributed by atoms with Gasteiger partial charge in [-0.25, -0.2) is 5.21 Å². The van der Waals surface area contributed by atoms with E-state index < -0.39 is 0 Å². The number of nitrogens with zero attached hydrogens (tertiary/aromatic N) is 4. The molecule has 0 aromatic rings. The smallest absolute Gasteiger partial charge is 0.236 e. The predicted octanol–water partition coefficient (Wildman–Crippen LogP) is 0.469. The molecule has 1 N–H and O–H groups in total. The van der Waals surface area contributed by atoms with Gasteiger partial charge in [0.1, 0.15) is 19.6 Å². The highest BCUT2D eigenvalue weighted by Gasteiger charge is 2.42. The van der Waals surface area contributed by atoms with Crippen LogP contribution in [0.3, 0.4) is 0 Å². The Bertz CT molecular complexity index is 403. The summed E-state index contributed by atoms with van der Waals surface area (Å²) in [5, 5.41) is 10.9. The van der Waals surface area contributed by atoms with Crippen LogP contribution in [0.2, 0.25) is 0 Å². The zero-order valence-corrected chi connectivity index (χ0v) is 14.9. The maximum atomic E-state index is 12.0. The molecule has 2 heterocycles. The molecule has 0 atom stereocenters. The van der Waals surface area contributed by atoms with E-state index in [2.05, 4.69) is 37.5 Å². The summed E-state index contributed by atoms with van der Waals surface area (Å²) in [5.74, 6) is 0.174. The van der Waals surface area contributed by atoms with Gasteiger partial charge in [0.25, 0.3) is 0 Å². The van der Waals surface area contributed by atoms with E-state index in [4.69, 9.17) is 0 Å². The number of piperazine rings is 2. The second-order valence-electron chi connectivity index (χ2n) is 7.88. The van der Waals surface area contributed by atoms with Crippen molar-refractivity contribution < 1.29 is 14.6 Å². The maximum Gasteiger partial charge on any atom is 0.236 e. The van der Waals surface area contributed by atoms with Crippen molar-refractivity contribution in [2.24, 2.45) is 0 Å². The molecule has 0 aromatic heterocycles. The maximum absolute atomic E-state index is 12.0. The lowest BCUT2D eigenvalue weighted by atomic mass is 9.99. The van der Waals surface area contributed by atoms with Gasteiger partial charge >= 0.3 is 0 Å². The molecular weight excluding hydrogens is 280 g/mol. The fourth-order valence-electron chi connectivity index (χ4n) is 3.62. The lowest BCUT2D eigenvalue weighted by molar-refractivity contribution is -1.11. The van der Waals surface area contributed by atoms with Crippen LogP contribution in [-0.4, -0.2) is 101 Å². The first-order chi connectivity index (χ1) is 10.1. The molecule has 0 bridgehead atoms. The number of hydrogen-bond donors (Lipinski definition) is 1. The summed E-state index contributed by atoms with van der Waals surface area (Å²) in [6.07, 6.45) is 0. The Labute approximate surface area is 134 Å². The fraction of sp³-hybridized carbons (Fsp3) is 0.938. The molecule has 0 radical (unpaired) electrons. The van der Waals surface area contributed by atoms with Crippen molar-refractivity contribution in [1.29, 1.82) is 0 Å². The minimum Gasteiger partial charge on any atom is -0.343 e. The fourth-order valence-corrected chi connectivity index (χ4v) is 3.62. The zero-order chi connectivity index (χ0) is 16.5. The van der Waals surface area contributed by atoms with Crippen LogP contribution in [0.5, 0.6) is 0 Å². The number of carbonyl (C=O) groups is 1. The van der Waals surface area contributed by atoms with Gasteiger partial charge in [-0.2, -0.15) is 4.65 Å². The number of amides is 1. The molecule has 6 heteroatoms. The summed E-state index contributed by atoms with van der Waals surface area (Å²) in [4.78, 5) is 18.4. The molecule has 2 aliphatic heterocycles. The average molecular weight is 313 g/mol. The SMILES string of the molecule is CC(C)N1CC[N+](O)(CC(C)(C)N2CCN(C)C(=O)C2)CC1. The van der Waals surface area contributed by atoms with E-state index in [1.807, 2.05) is 7.05 Å². The standard InChI is InChI=1S/C16H33N4O2/c1-14(2)18-8-10-20(22,11-9-18)13-16(3,4)19-7-6-17(5)15(21)12-19/h14,22H,6-13H2,1-5H3/q+1. The molecule has 0 aromatic carbocycles. The van der Waals surface area contributed by atoms with E-state index in [1.165, 1.54) is 0 Å². The molecule has 0 saturated carbocycles. The Hall–Kier alpha value is -0.690. The quantitative estimate of drug-likeness (QED) is 0.767. The van der Waals surface area contributed by atoms with Crippen molar-refractivity contribution in [1.82, 2.24) is 14.7 Å². The van der Waals surface area contributed by atoms with Gasteiger partial charge < -0.3 is 4.90 Å². The first-order valence-electron chi connectivity index (χ1n) is 8.45. The Morgan fingerprint density at radius 2 is 1.77 bits per heavy atom. The van der Waals surface area contributed by atoms with Crippen LogP contribution in [0.15, 0.2) is 0 Å². The minimum absolute atomic E-state index is 0.122. The number of hydroxylamine groups is 3. The Kier molecular flexibility index (Phi) is 5.16. The highest BCUT2D eigenvalue weighted by atomic mass is 16.5. The van der Waals surface area contributed by atoms with Gasteiger partial charge in [0.2, 0.25) is 5.91 Å². The van der Waals surface area contributed by atoms with Crippen molar-refractivity contribution in [3.63, 3.8) is 0 Å². The molecular formula is C16H33N4O2+. The monoisotopic (exact) mass is 313 g/mol. The second-order valence-corrected chi connectivity index (χ2v) is 7.88. The molecule has 2 saturated heterocycles. The van der Waals surface area contributed by atoms with E-state index in [-0.39, 0.29) is 16.1 Å². The van der Waals surface area contributed by atoms with Gasteiger partial charge in [-0.15, -0.1) is 0 Å². The van der Waals surface area contributed by atoms with Gasteiger partial charge in [0.15, 0.2) is 0 Å². The molecule has 1 amide bonds. The van der Waals surface area contributed by atoms with Crippen LogP contribution in [0.1, 0.15) is 27.7 Å². The van der Waals surface area contributed by atoms with Crippen molar-refractivity contribution >= 4 is 5.91 Å². The van der Waals surface area contributed by atoms with Gasteiger partial charge in [-0.1, -0.05) is 0 Å². The van der Waals surface area contributed by atoms with E-state index in [9.17, 15) is 10.0 Å². The number of quaternary nitrogens is 1. The third-order valence-corrected chi connectivity index (χ3v) is 5.33. The normalized spacial score (nSPS) is 25.0. The van der Waals surface area contributed by atoms with Gasteiger partial charge in [0.05, 0.1) is 25.2 Å². The zero-order valence-electron chi connectivity index (χ0n) is 14.9. The Morgan fingerprint density at radius 3 is 2.27 bits per heavy atom. The third-order valence-electron chi connectivity index (χ3n) is 5.33. The van der Waals surface area contributed by atoms with E-state index in [1.54, 1.807) is 4.90 Å². The highest BCUT2D eigenvalue weighted by molar-refractivity contribution is 5.78. The van der Waals surface area contributed by atoms with Gasteiger partial charge in [-0.05, 0) is 27.7 Å². The molecule has 0 spiro atoms. The first kappa shape index (κ1) is 17.7.